The van der Waals surface area contributed by atoms with E-state index in [1.807, 2.05) is 6.92 Å². The largest absolute Gasteiger partial charge is 0.464 e. The van der Waals surface area contributed by atoms with Gasteiger partial charge in [-0.1, -0.05) is 13.3 Å². The zero-order valence-corrected chi connectivity index (χ0v) is 13.5. The second-order valence-corrected chi connectivity index (χ2v) is 4.55. The number of carbonyl (C=O) groups is 1. The van der Waals surface area contributed by atoms with E-state index < -0.39 is 29.9 Å². The van der Waals surface area contributed by atoms with E-state index in [4.69, 9.17) is 4.74 Å². The molecule has 0 bridgehead atoms. The van der Waals surface area contributed by atoms with Crippen molar-refractivity contribution in [3.63, 3.8) is 0 Å². The number of aliphatic hydroxyl groups excluding tert-OH is 3. The first-order chi connectivity index (χ1) is 7.90. The fourth-order valence-electron chi connectivity index (χ4n) is 1.88. The normalized spacial score (nSPS) is 35.7. The van der Waals surface area contributed by atoms with Crippen molar-refractivity contribution >= 4 is 5.97 Å². The SMILES string of the molecule is CCCCOC(=O)C1(O)C[C@@H](O)C(O)[C@H](O)C1.[Zn]. The van der Waals surface area contributed by atoms with Gasteiger partial charge in [-0.2, -0.15) is 0 Å². The Morgan fingerprint density at radius 1 is 1.28 bits per heavy atom. The predicted octanol–water partition coefficient (Wildman–Crippen LogP) is -1.07. The first-order valence-electron chi connectivity index (χ1n) is 5.84. The van der Waals surface area contributed by atoms with E-state index in [2.05, 4.69) is 0 Å². The van der Waals surface area contributed by atoms with Crippen LogP contribution in [0.3, 0.4) is 0 Å². The topological polar surface area (TPSA) is 107 Å². The van der Waals surface area contributed by atoms with Crippen LogP contribution in [-0.4, -0.2) is 56.9 Å². The fourth-order valence-corrected chi connectivity index (χ4v) is 1.88. The Labute approximate surface area is 119 Å². The van der Waals surface area contributed by atoms with Crippen LogP contribution in [0.25, 0.3) is 0 Å². The van der Waals surface area contributed by atoms with Crippen LogP contribution >= 0.6 is 0 Å². The Balaban J connectivity index is 0.00000289. The van der Waals surface area contributed by atoms with Gasteiger partial charge in [-0.25, -0.2) is 4.79 Å². The molecule has 6 nitrogen and oxygen atoms in total. The third kappa shape index (κ3) is 4.24. The van der Waals surface area contributed by atoms with Gasteiger partial charge in [0.05, 0.1) is 18.8 Å². The quantitative estimate of drug-likeness (QED) is 0.299. The van der Waals surface area contributed by atoms with Crippen LogP contribution in [-0.2, 0) is 29.0 Å². The zero-order chi connectivity index (χ0) is 13.1. The molecule has 1 saturated carbocycles. The zero-order valence-electron chi connectivity index (χ0n) is 10.6. The summed E-state index contributed by atoms with van der Waals surface area (Å²) in [5.41, 5.74) is -1.91. The number of carbonyl (C=O) groups excluding carboxylic acids is 1. The van der Waals surface area contributed by atoms with E-state index in [0.717, 1.165) is 6.42 Å². The van der Waals surface area contributed by atoms with Gasteiger partial charge in [0.1, 0.15) is 6.10 Å². The second-order valence-electron chi connectivity index (χ2n) is 4.55. The number of ether oxygens (including phenoxy) is 1. The summed E-state index contributed by atoms with van der Waals surface area (Å²) in [4.78, 5) is 11.6. The molecule has 0 heterocycles. The molecule has 0 radical (unpaired) electrons. The van der Waals surface area contributed by atoms with Gasteiger partial charge >= 0.3 is 5.97 Å². The van der Waals surface area contributed by atoms with Crippen LogP contribution in [0.5, 0.6) is 0 Å². The van der Waals surface area contributed by atoms with Crippen molar-refractivity contribution in [3.8, 4) is 0 Å². The number of rotatable bonds is 4. The molecule has 4 N–H and O–H groups in total. The van der Waals surface area contributed by atoms with Crippen LogP contribution in [0.15, 0.2) is 0 Å². The summed E-state index contributed by atoms with van der Waals surface area (Å²) in [7, 11) is 0. The van der Waals surface area contributed by atoms with Crippen molar-refractivity contribution in [2.24, 2.45) is 0 Å². The molecule has 0 aromatic rings. The van der Waals surface area contributed by atoms with Gasteiger partial charge in [0.25, 0.3) is 0 Å². The molecular formula is C11H20O6Zn. The Kier molecular flexibility index (Phi) is 7.48. The minimum absolute atomic E-state index is 0. The summed E-state index contributed by atoms with van der Waals surface area (Å²) in [6, 6.07) is 0. The van der Waals surface area contributed by atoms with Gasteiger partial charge in [0, 0.05) is 32.3 Å². The van der Waals surface area contributed by atoms with Gasteiger partial charge < -0.3 is 25.2 Å². The summed E-state index contributed by atoms with van der Waals surface area (Å²) in [6.07, 6.45) is -3.10. The molecule has 2 atom stereocenters. The number of aliphatic hydroxyl groups is 4. The van der Waals surface area contributed by atoms with E-state index in [-0.39, 0.29) is 38.9 Å². The second kappa shape index (κ2) is 7.51. The van der Waals surface area contributed by atoms with Gasteiger partial charge in [0.15, 0.2) is 5.60 Å². The first kappa shape index (κ1) is 17.9. The van der Waals surface area contributed by atoms with Crippen molar-refractivity contribution < 1.29 is 49.4 Å². The number of esters is 1. The molecule has 1 aliphatic rings. The molecule has 0 aliphatic heterocycles. The molecule has 7 heteroatoms. The first-order valence-corrected chi connectivity index (χ1v) is 5.84. The van der Waals surface area contributed by atoms with Crippen molar-refractivity contribution in [2.45, 2.75) is 56.5 Å². The van der Waals surface area contributed by atoms with Crippen molar-refractivity contribution in [1.29, 1.82) is 0 Å². The summed E-state index contributed by atoms with van der Waals surface area (Å²) in [6.45, 7) is 2.14. The molecule has 18 heavy (non-hydrogen) atoms. The van der Waals surface area contributed by atoms with E-state index in [1.165, 1.54) is 0 Å². The molecule has 0 saturated heterocycles. The Hall–Kier alpha value is -0.0666. The molecule has 1 rings (SSSR count). The average molecular weight is 314 g/mol. The predicted molar refractivity (Wildman–Crippen MR) is 58.1 cm³/mol. The van der Waals surface area contributed by atoms with Gasteiger partial charge in [-0.15, -0.1) is 0 Å². The molecule has 0 spiro atoms. The third-order valence-electron chi connectivity index (χ3n) is 2.99. The van der Waals surface area contributed by atoms with Crippen molar-refractivity contribution in [2.75, 3.05) is 6.61 Å². The van der Waals surface area contributed by atoms with E-state index >= 15 is 0 Å². The summed E-state index contributed by atoms with van der Waals surface area (Å²) >= 11 is 0. The number of hydrogen-bond donors (Lipinski definition) is 4. The van der Waals surface area contributed by atoms with Crippen molar-refractivity contribution in [3.05, 3.63) is 0 Å². The maximum absolute atomic E-state index is 11.6. The van der Waals surface area contributed by atoms with Crippen LogP contribution in [0.4, 0.5) is 0 Å². The Morgan fingerprint density at radius 3 is 2.22 bits per heavy atom. The summed E-state index contributed by atoms with van der Waals surface area (Å²) in [5.74, 6) is -0.851. The molecule has 0 aromatic carbocycles. The van der Waals surface area contributed by atoms with Gasteiger partial charge in [0.2, 0.25) is 0 Å². The molecule has 0 aromatic heterocycles. The monoisotopic (exact) mass is 312 g/mol. The molecule has 1 aliphatic carbocycles. The standard InChI is InChI=1S/C11H20O6.Zn/c1-2-3-4-17-10(15)11(16)5-7(12)9(14)8(13)6-11;/h7-9,12-14,16H,2-6H2,1H3;/t7-,8-,9?,11?;/m1./s1. The summed E-state index contributed by atoms with van der Waals surface area (Å²) < 4.78 is 4.86. The number of unbranched alkanes of at least 4 members (excludes halogenated alkanes) is 1. The van der Waals surface area contributed by atoms with Crippen LogP contribution in [0, 0.1) is 0 Å². The smallest absolute Gasteiger partial charge is 0.338 e. The summed E-state index contributed by atoms with van der Waals surface area (Å²) in [5, 5.41) is 38.2. The van der Waals surface area contributed by atoms with E-state index in [9.17, 15) is 25.2 Å². The van der Waals surface area contributed by atoms with E-state index in [0.29, 0.717) is 6.42 Å². The average Bonchev–Trinajstić information content (AvgIpc) is 2.26. The van der Waals surface area contributed by atoms with Crippen LogP contribution < -0.4 is 0 Å². The number of hydrogen-bond acceptors (Lipinski definition) is 6. The van der Waals surface area contributed by atoms with Crippen LogP contribution in [0.1, 0.15) is 32.6 Å². The molecule has 102 valence electrons. The molecule has 0 unspecified atom stereocenters. The minimum atomic E-state index is -1.91. The van der Waals surface area contributed by atoms with E-state index in [1.54, 1.807) is 0 Å². The molecule has 1 fully saturated rings. The molecule has 0 amide bonds. The van der Waals surface area contributed by atoms with Crippen molar-refractivity contribution in [1.82, 2.24) is 0 Å². The van der Waals surface area contributed by atoms with Crippen LogP contribution in [0.2, 0.25) is 0 Å². The third-order valence-corrected chi connectivity index (χ3v) is 2.99. The Morgan fingerprint density at radius 2 is 1.78 bits per heavy atom. The minimum Gasteiger partial charge on any atom is -0.464 e. The van der Waals surface area contributed by atoms with Gasteiger partial charge in [-0.3, -0.25) is 0 Å². The molecular weight excluding hydrogens is 294 g/mol. The van der Waals surface area contributed by atoms with Gasteiger partial charge in [-0.05, 0) is 6.42 Å². The Bertz CT molecular complexity index is 260. The fraction of sp³-hybridized carbons (Fsp3) is 0.909. The maximum Gasteiger partial charge on any atom is 0.338 e. The maximum atomic E-state index is 11.6.